The minimum absolute atomic E-state index is 0. The molecule has 1 aromatic heterocycles. The van der Waals surface area contributed by atoms with Gasteiger partial charge in [-0.1, -0.05) is 30.3 Å². The van der Waals surface area contributed by atoms with Crippen LogP contribution in [0, 0.1) is 6.92 Å². The highest BCUT2D eigenvalue weighted by Gasteiger charge is 2.07. The normalized spacial score (nSPS) is 12.3. The lowest BCUT2D eigenvalue weighted by molar-refractivity contribution is 0.0308. The molecule has 2 rings (SSSR count). The average Bonchev–Trinajstić information content (AvgIpc) is 3.04. The molecule has 0 aliphatic heterocycles. The highest BCUT2D eigenvalue weighted by atomic mass is 127. The van der Waals surface area contributed by atoms with Gasteiger partial charge in [-0.2, -0.15) is 0 Å². The maximum Gasteiger partial charge on any atom is 0.191 e. The van der Waals surface area contributed by atoms with E-state index in [4.69, 9.17) is 4.74 Å². The first kappa shape index (κ1) is 22.8. The van der Waals surface area contributed by atoms with Crippen LogP contribution in [0.1, 0.15) is 22.4 Å². The van der Waals surface area contributed by atoms with Gasteiger partial charge < -0.3 is 20.5 Å². The molecule has 1 unspecified atom stereocenters. The van der Waals surface area contributed by atoms with Crippen molar-refractivity contribution in [3.63, 3.8) is 0 Å². The Bertz CT molecular complexity index is 652. The van der Waals surface area contributed by atoms with Crippen LogP contribution in [0.5, 0.6) is 0 Å². The molecule has 26 heavy (non-hydrogen) atoms. The van der Waals surface area contributed by atoms with Gasteiger partial charge in [0.25, 0.3) is 0 Å². The van der Waals surface area contributed by atoms with Crippen LogP contribution in [-0.4, -0.2) is 41.9 Å². The van der Waals surface area contributed by atoms with Gasteiger partial charge in [0.2, 0.25) is 0 Å². The zero-order valence-corrected chi connectivity index (χ0v) is 18.3. The molecular weight excluding hydrogens is 463 g/mol. The number of rotatable bonds is 9. The summed E-state index contributed by atoms with van der Waals surface area (Å²) in [5.41, 5.74) is 1.09. The fourth-order valence-corrected chi connectivity index (χ4v) is 2.84. The van der Waals surface area contributed by atoms with Gasteiger partial charge in [-0.25, -0.2) is 9.98 Å². The monoisotopic (exact) mass is 490 g/mol. The Morgan fingerprint density at radius 2 is 2.08 bits per heavy atom. The summed E-state index contributed by atoms with van der Waals surface area (Å²) in [6, 6.07) is 9.91. The topological polar surface area (TPSA) is 78.8 Å². The number of halogens is 1. The Morgan fingerprint density at radius 1 is 1.31 bits per heavy atom. The molecule has 1 aromatic carbocycles. The van der Waals surface area contributed by atoms with Crippen molar-refractivity contribution in [1.29, 1.82) is 0 Å². The van der Waals surface area contributed by atoms with Gasteiger partial charge in [-0.3, -0.25) is 0 Å². The highest BCUT2D eigenvalue weighted by Crippen LogP contribution is 2.11. The van der Waals surface area contributed by atoms with Crippen LogP contribution in [0.2, 0.25) is 0 Å². The standard InChI is InChI=1S/C18H26N4O2S.HI/c1-3-19-18(22-11-17-20-9-14(2)25-17)21-10-16(23)13-24-12-15-7-5-4-6-8-15;/h4-9,16,23H,3,10-13H2,1-2H3,(H2,19,21,22);1H. The number of ether oxygens (including phenoxy) is 1. The van der Waals surface area contributed by atoms with E-state index >= 15 is 0 Å². The number of benzene rings is 1. The van der Waals surface area contributed by atoms with Gasteiger partial charge in [-0.15, -0.1) is 35.3 Å². The lowest BCUT2D eigenvalue weighted by atomic mass is 10.2. The molecule has 0 amide bonds. The van der Waals surface area contributed by atoms with Crippen molar-refractivity contribution in [2.75, 3.05) is 19.7 Å². The number of nitrogens with one attached hydrogen (secondary N) is 2. The number of aliphatic hydroxyl groups is 1. The molecule has 144 valence electrons. The van der Waals surface area contributed by atoms with Crippen molar-refractivity contribution < 1.29 is 9.84 Å². The van der Waals surface area contributed by atoms with E-state index in [0.717, 1.165) is 17.1 Å². The third-order valence-corrected chi connectivity index (χ3v) is 4.21. The summed E-state index contributed by atoms with van der Waals surface area (Å²) in [7, 11) is 0. The maximum absolute atomic E-state index is 10.1. The Kier molecular flexibility index (Phi) is 11.4. The van der Waals surface area contributed by atoms with E-state index in [1.54, 1.807) is 11.3 Å². The number of aliphatic hydroxyl groups excluding tert-OH is 1. The Balaban J connectivity index is 0.00000338. The Morgan fingerprint density at radius 3 is 2.73 bits per heavy atom. The van der Waals surface area contributed by atoms with Gasteiger partial charge in [0.1, 0.15) is 5.01 Å². The van der Waals surface area contributed by atoms with E-state index < -0.39 is 6.10 Å². The van der Waals surface area contributed by atoms with Gasteiger partial charge in [0, 0.05) is 24.2 Å². The lowest BCUT2D eigenvalue weighted by Crippen LogP contribution is -2.42. The van der Waals surface area contributed by atoms with E-state index in [0.29, 0.717) is 25.7 Å². The third kappa shape index (κ3) is 8.93. The molecule has 0 saturated carbocycles. The van der Waals surface area contributed by atoms with Crippen LogP contribution in [0.3, 0.4) is 0 Å². The molecule has 1 heterocycles. The SMILES string of the molecule is CCNC(=NCc1ncc(C)s1)NCC(O)COCc1ccccc1.I. The largest absolute Gasteiger partial charge is 0.389 e. The average molecular weight is 490 g/mol. The summed E-state index contributed by atoms with van der Waals surface area (Å²) in [5.74, 6) is 0.664. The van der Waals surface area contributed by atoms with Crippen LogP contribution in [-0.2, 0) is 17.9 Å². The molecule has 0 aliphatic rings. The smallest absolute Gasteiger partial charge is 0.191 e. The fourth-order valence-electron chi connectivity index (χ4n) is 2.12. The number of aryl methyl sites for hydroxylation is 1. The molecule has 0 saturated heterocycles. The highest BCUT2D eigenvalue weighted by molar-refractivity contribution is 14.0. The van der Waals surface area contributed by atoms with Gasteiger partial charge in [0.05, 0.1) is 25.9 Å². The predicted molar refractivity (Wildman–Crippen MR) is 117 cm³/mol. The number of guanidine groups is 1. The molecule has 0 radical (unpaired) electrons. The summed E-state index contributed by atoms with van der Waals surface area (Å²) >= 11 is 1.64. The first-order chi connectivity index (χ1) is 12.2. The van der Waals surface area contributed by atoms with Gasteiger partial charge in [0.15, 0.2) is 5.96 Å². The number of nitrogens with zero attached hydrogens (tertiary/aromatic N) is 2. The van der Waals surface area contributed by atoms with Gasteiger partial charge in [-0.05, 0) is 19.4 Å². The molecule has 6 nitrogen and oxygen atoms in total. The number of hydrogen-bond acceptors (Lipinski definition) is 5. The van der Waals surface area contributed by atoms with Crippen molar-refractivity contribution in [3.8, 4) is 0 Å². The molecule has 0 spiro atoms. The molecule has 0 bridgehead atoms. The molecule has 1 atom stereocenters. The van der Waals surface area contributed by atoms with E-state index in [2.05, 4.69) is 20.6 Å². The second-order valence-electron chi connectivity index (χ2n) is 5.60. The summed E-state index contributed by atoms with van der Waals surface area (Å²) in [6.45, 7) is 6.45. The molecule has 3 N–H and O–H groups in total. The molecular formula is C18H27IN4O2S. The summed E-state index contributed by atoms with van der Waals surface area (Å²) in [5, 5.41) is 17.3. The van der Waals surface area contributed by atoms with Crippen LogP contribution < -0.4 is 10.6 Å². The van der Waals surface area contributed by atoms with E-state index in [1.807, 2.05) is 50.4 Å². The first-order valence-corrected chi connectivity index (χ1v) is 9.22. The summed E-state index contributed by atoms with van der Waals surface area (Å²) in [6.07, 6.45) is 1.25. The summed E-state index contributed by atoms with van der Waals surface area (Å²) in [4.78, 5) is 9.96. The van der Waals surface area contributed by atoms with Crippen LogP contribution in [0.15, 0.2) is 41.5 Å². The zero-order valence-electron chi connectivity index (χ0n) is 15.1. The van der Waals surface area contributed by atoms with Crippen molar-refractivity contribution >= 4 is 41.3 Å². The predicted octanol–water partition coefficient (Wildman–Crippen LogP) is 2.70. The number of aromatic nitrogens is 1. The Labute approximate surface area is 176 Å². The molecule has 8 heteroatoms. The number of aliphatic imine (C=N–C) groups is 1. The minimum Gasteiger partial charge on any atom is -0.389 e. The van der Waals surface area contributed by atoms with Gasteiger partial charge >= 0.3 is 0 Å². The van der Waals surface area contributed by atoms with Crippen molar-refractivity contribution in [1.82, 2.24) is 15.6 Å². The third-order valence-electron chi connectivity index (χ3n) is 3.31. The quantitative estimate of drug-likeness (QED) is 0.286. The second-order valence-corrected chi connectivity index (χ2v) is 6.91. The van der Waals surface area contributed by atoms with Crippen molar-refractivity contribution in [2.24, 2.45) is 4.99 Å². The molecule has 0 aliphatic carbocycles. The van der Waals surface area contributed by atoms with Crippen molar-refractivity contribution in [3.05, 3.63) is 52.0 Å². The van der Waals surface area contributed by atoms with E-state index in [9.17, 15) is 5.11 Å². The maximum atomic E-state index is 10.1. The van der Waals surface area contributed by atoms with Crippen LogP contribution in [0.4, 0.5) is 0 Å². The number of hydrogen-bond donors (Lipinski definition) is 3. The Hall–Kier alpha value is -1.23. The zero-order chi connectivity index (χ0) is 17.9. The minimum atomic E-state index is -0.602. The van der Waals surface area contributed by atoms with Crippen LogP contribution >= 0.6 is 35.3 Å². The lowest BCUT2D eigenvalue weighted by Gasteiger charge is -2.15. The molecule has 2 aromatic rings. The van der Waals surface area contributed by atoms with Crippen LogP contribution in [0.25, 0.3) is 0 Å². The second kappa shape index (κ2) is 13.0. The van der Waals surface area contributed by atoms with E-state index in [1.165, 1.54) is 4.88 Å². The van der Waals surface area contributed by atoms with Crippen molar-refractivity contribution in [2.45, 2.75) is 33.1 Å². The van der Waals surface area contributed by atoms with E-state index in [-0.39, 0.29) is 30.6 Å². The number of thiazole rings is 1. The fraction of sp³-hybridized carbons (Fsp3) is 0.444. The first-order valence-electron chi connectivity index (χ1n) is 8.40. The molecule has 0 fully saturated rings. The summed E-state index contributed by atoms with van der Waals surface area (Å²) < 4.78 is 5.55.